The van der Waals surface area contributed by atoms with E-state index in [2.05, 4.69) is 66.1 Å². The fraction of sp³-hybridized carbons (Fsp3) is 0.417. The summed E-state index contributed by atoms with van der Waals surface area (Å²) in [5, 5.41) is 15.6. The number of rotatable bonds is 5. The fourth-order valence-corrected chi connectivity index (χ4v) is 4.30. The summed E-state index contributed by atoms with van der Waals surface area (Å²) >= 11 is 0. The van der Waals surface area contributed by atoms with Gasteiger partial charge in [-0.15, -0.1) is 0 Å². The molecular weight excluding hydrogens is 358 g/mol. The molecule has 3 aromatic rings. The van der Waals surface area contributed by atoms with Gasteiger partial charge in [-0.25, -0.2) is 0 Å². The van der Waals surface area contributed by atoms with Crippen molar-refractivity contribution in [1.82, 2.24) is 14.7 Å². The van der Waals surface area contributed by atoms with Crippen molar-refractivity contribution in [1.29, 1.82) is 5.26 Å². The Morgan fingerprint density at radius 3 is 2.55 bits per heavy atom. The molecule has 5 nitrogen and oxygen atoms in total. The van der Waals surface area contributed by atoms with Crippen LogP contribution in [0.2, 0.25) is 0 Å². The molecule has 150 valence electrons. The van der Waals surface area contributed by atoms with Crippen LogP contribution in [-0.4, -0.2) is 40.9 Å². The van der Waals surface area contributed by atoms with Crippen LogP contribution in [0.3, 0.4) is 0 Å². The molecule has 0 spiro atoms. The fourth-order valence-electron chi connectivity index (χ4n) is 4.30. The van der Waals surface area contributed by atoms with Crippen LogP contribution in [0.1, 0.15) is 30.7 Å². The van der Waals surface area contributed by atoms with E-state index in [0.29, 0.717) is 5.92 Å². The topological polar surface area (TPSA) is 48.1 Å². The molecule has 1 aliphatic rings. The number of nitrogens with zero attached hydrogens (tertiary/aromatic N) is 5. The molecule has 1 saturated heterocycles. The number of nitriles is 1. The highest BCUT2D eigenvalue weighted by atomic mass is 15.3. The van der Waals surface area contributed by atoms with Crippen molar-refractivity contribution < 1.29 is 0 Å². The first kappa shape index (κ1) is 19.5. The second-order valence-electron chi connectivity index (χ2n) is 8.41. The molecule has 2 heterocycles. The van der Waals surface area contributed by atoms with Crippen LogP contribution >= 0.6 is 0 Å². The van der Waals surface area contributed by atoms with E-state index in [1.165, 1.54) is 16.5 Å². The van der Waals surface area contributed by atoms with Crippen molar-refractivity contribution in [2.45, 2.75) is 26.8 Å². The molecule has 0 bridgehead atoms. The summed E-state index contributed by atoms with van der Waals surface area (Å²) in [5.41, 5.74) is 5.52. The summed E-state index contributed by atoms with van der Waals surface area (Å²) in [4.78, 5) is 4.84. The molecule has 0 atom stereocenters. The Kier molecular flexibility index (Phi) is 5.55. The number of piperazine rings is 1. The van der Waals surface area contributed by atoms with Crippen molar-refractivity contribution in [3.05, 3.63) is 59.3 Å². The van der Waals surface area contributed by atoms with Crippen molar-refractivity contribution in [2.24, 2.45) is 13.0 Å². The van der Waals surface area contributed by atoms with Gasteiger partial charge in [0, 0.05) is 45.2 Å². The van der Waals surface area contributed by atoms with E-state index in [9.17, 15) is 5.26 Å². The van der Waals surface area contributed by atoms with Crippen LogP contribution in [-0.2, 0) is 20.0 Å². The molecule has 29 heavy (non-hydrogen) atoms. The summed E-state index contributed by atoms with van der Waals surface area (Å²) < 4.78 is 1.97. The van der Waals surface area contributed by atoms with Gasteiger partial charge in [-0.1, -0.05) is 38.1 Å². The average molecular weight is 388 g/mol. The molecule has 2 aromatic carbocycles. The van der Waals surface area contributed by atoms with E-state index >= 15 is 0 Å². The number of aryl methyl sites for hydroxylation is 1. The second-order valence-corrected chi connectivity index (χ2v) is 8.41. The predicted octanol–water partition coefficient (Wildman–Crippen LogP) is 3.97. The Bertz CT molecular complexity index is 1040. The molecule has 0 unspecified atom stereocenters. The van der Waals surface area contributed by atoms with Gasteiger partial charge < -0.3 is 4.90 Å². The van der Waals surface area contributed by atoms with Crippen LogP contribution in [0.5, 0.6) is 0 Å². The zero-order valence-electron chi connectivity index (χ0n) is 17.6. The lowest BCUT2D eigenvalue weighted by molar-refractivity contribution is 0.247. The van der Waals surface area contributed by atoms with Gasteiger partial charge in [-0.2, -0.15) is 10.4 Å². The van der Waals surface area contributed by atoms with Gasteiger partial charge in [-0.05, 0) is 36.1 Å². The number of para-hydroxylation sites is 1. The largest absolute Gasteiger partial charge is 0.368 e. The predicted molar refractivity (Wildman–Crippen MR) is 118 cm³/mol. The van der Waals surface area contributed by atoms with Crippen LogP contribution in [0, 0.1) is 17.2 Å². The van der Waals surface area contributed by atoms with Crippen LogP contribution in [0.15, 0.2) is 42.5 Å². The highest BCUT2D eigenvalue weighted by Gasteiger charge is 2.21. The molecule has 1 aromatic heterocycles. The number of anilines is 1. The molecule has 0 radical (unpaired) electrons. The van der Waals surface area contributed by atoms with E-state index in [1.807, 2.05) is 17.8 Å². The van der Waals surface area contributed by atoms with E-state index in [1.54, 1.807) is 0 Å². The molecule has 0 saturated carbocycles. The lowest BCUT2D eigenvalue weighted by atomic mass is 10.00. The molecule has 0 N–H and O–H groups in total. The molecular formula is C24H29N5. The Hall–Kier alpha value is -2.84. The summed E-state index contributed by atoms with van der Waals surface area (Å²) in [7, 11) is 2.01. The van der Waals surface area contributed by atoms with Gasteiger partial charge in [0.15, 0.2) is 0 Å². The Morgan fingerprint density at radius 2 is 1.83 bits per heavy atom. The van der Waals surface area contributed by atoms with Crippen LogP contribution in [0.25, 0.3) is 10.9 Å². The van der Waals surface area contributed by atoms with Gasteiger partial charge in [0.1, 0.15) is 6.07 Å². The van der Waals surface area contributed by atoms with Crippen LogP contribution in [0.4, 0.5) is 5.69 Å². The third kappa shape index (κ3) is 4.13. The highest BCUT2D eigenvalue weighted by molar-refractivity contribution is 5.81. The lowest BCUT2D eigenvalue weighted by Crippen LogP contribution is -2.46. The summed E-state index contributed by atoms with van der Waals surface area (Å²) in [5.74, 6) is 0.612. The maximum Gasteiger partial charge on any atom is 0.101 e. The highest BCUT2D eigenvalue weighted by Crippen LogP contribution is 2.26. The minimum Gasteiger partial charge on any atom is -0.368 e. The van der Waals surface area contributed by atoms with Gasteiger partial charge >= 0.3 is 0 Å². The minimum absolute atomic E-state index is 0.612. The molecule has 4 rings (SSSR count). The molecule has 1 aliphatic heterocycles. The first-order valence-corrected chi connectivity index (χ1v) is 10.5. The number of hydrogen-bond donors (Lipinski definition) is 0. The zero-order valence-corrected chi connectivity index (χ0v) is 17.6. The van der Waals surface area contributed by atoms with Crippen molar-refractivity contribution in [2.75, 3.05) is 31.1 Å². The Labute approximate surface area is 173 Å². The number of fused-ring (bicyclic) bond motifs is 1. The first-order valence-electron chi connectivity index (χ1n) is 10.5. The quantitative estimate of drug-likeness (QED) is 0.665. The first-order chi connectivity index (χ1) is 14.0. The molecule has 0 aliphatic carbocycles. The lowest BCUT2D eigenvalue weighted by Gasteiger charge is -2.36. The molecule has 5 heteroatoms. The Balaban J connectivity index is 1.46. The zero-order chi connectivity index (χ0) is 20.4. The molecule has 0 amide bonds. The van der Waals surface area contributed by atoms with Crippen molar-refractivity contribution in [3.63, 3.8) is 0 Å². The number of hydrogen-bond acceptors (Lipinski definition) is 4. The van der Waals surface area contributed by atoms with Gasteiger partial charge in [0.05, 0.1) is 22.5 Å². The SMILES string of the molecule is CC(C)Cc1ccc(C#N)c(N2CCN(Cc3nn(C)c4ccccc34)CC2)c1. The maximum absolute atomic E-state index is 9.57. The molecule has 1 fully saturated rings. The maximum atomic E-state index is 9.57. The Morgan fingerprint density at radius 1 is 1.07 bits per heavy atom. The summed E-state index contributed by atoms with van der Waals surface area (Å²) in [6.45, 7) is 9.16. The summed E-state index contributed by atoms with van der Waals surface area (Å²) in [6, 6.07) is 17.1. The van der Waals surface area contributed by atoms with Crippen molar-refractivity contribution >= 4 is 16.6 Å². The standard InChI is InChI=1S/C24H29N5/c1-18(2)14-19-8-9-20(16-25)24(15-19)29-12-10-28(11-13-29)17-22-21-6-4-5-7-23(21)27(3)26-22/h4-9,15,18H,10-14,17H2,1-3H3. The van der Waals surface area contributed by atoms with Gasteiger partial charge in [0.25, 0.3) is 0 Å². The van der Waals surface area contributed by atoms with Gasteiger partial charge in [0.2, 0.25) is 0 Å². The summed E-state index contributed by atoms with van der Waals surface area (Å²) in [6.07, 6.45) is 1.05. The van der Waals surface area contributed by atoms with Crippen LogP contribution < -0.4 is 4.90 Å². The average Bonchev–Trinajstić information content (AvgIpc) is 3.04. The second kappa shape index (κ2) is 8.26. The van der Waals surface area contributed by atoms with Crippen molar-refractivity contribution in [3.8, 4) is 6.07 Å². The van der Waals surface area contributed by atoms with E-state index in [0.717, 1.165) is 56.1 Å². The normalized spacial score (nSPS) is 15.2. The monoisotopic (exact) mass is 387 g/mol. The van der Waals surface area contributed by atoms with Gasteiger partial charge in [-0.3, -0.25) is 9.58 Å². The van der Waals surface area contributed by atoms with E-state index in [4.69, 9.17) is 5.10 Å². The minimum atomic E-state index is 0.612. The third-order valence-electron chi connectivity index (χ3n) is 5.75. The number of aromatic nitrogens is 2. The third-order valence-corrected chi connectivity index (χ3v) is 5.75. The van der Waals surface area contributed by atoms with E-state index in [-0.39, 0.29) is 0 Å². The number of benzene rings is 2. The smallest absolute Gasteiger partial charge is 0.101 e. The van der Waals surface area contributed by atoms with E-state index < -0.39 is 0 Å².